The van der Waals surface area contributed by atoms with E-state index in [9.17, 15) is 14.4 Å². The van der Waals surface area contributed by atoms with Crippen LogP contribution in [0.4, 0.5) is 17.1 Å². The normalized spacial score (nSPS) is 23.8. The molecule has 4 rings (SSSR count). The molecule has 3 fully saturated rings. The molecule has 0 bridgehead atoms. The second kappa shape index (κ2) is 15.2. The van der Waals surface area contributed by atoms with E-state index in [1.165, 1.54) is 38.5 Å². The van der Waals surface area contributed by atoms with E-state index in [2.05, 4.69) is 36.7 Å². The zero-order chi connectivity index (χ0) is 29.2. The van der Waals surface area contributed by atoms with Crippen LogP contribution in [-0.2, 0) is 14.4 Å². The Bertz CT molecular complexity index is 952. The van der Waals surface area contributed by atoms with Gasteiger partial charge in [-0.3, -0.25) is 14.4 Å². The predicted molar refractivity (Wildman–Crippen MR) is 169 cm³/mol. The molecule has 0 aromatic heterocycles. The highest BCUT2D eigenvalue weighted by Crippen LogP contribution is 2.40. The number of carbonyl (C=O) groups excluding carboxylic acids is 3. The van der Waals surface area contributed by atoms with Crippen LogP contribution in [0.3, 0.4) is 0 Å². The van der Waals surface area contributed by atoms with E-state index in [0.717, 1.165) is 77.0 Å². The first-order valence-electron chi connectivity index (χ1n) is 16.8. The number of hydrogen-bond donors (Lipinski definition) is 3. The zero-order valence-corrected chi connectivity index (χ0v) is 26.0. The van der Waals surface area contributed by atoms with Crippen LogP contribution >= 0.6 is 0 Å². The molecule has 3 saturated carbocycles. The number of anilines is 3. The Hall–Kier alpha value is -2.37. The molecule has 3 amide bonds. The molecule has 1 aromatic carbocycles. The van der Waals surface area contributed by atoms with Crippen LogP contribution in [-0.4, -0.2) is 17.7 Å². The lowest BCUT2D eigenvalue weighted by atomic mass is 9.69. The lowest BCUT2D eigenvalue weighted by molar-refractivity contribution is -0.121. The van der Waals surface area contributed by atoms with Crippen LogP contribution in [0.1, 0.15) is 136 Å². The van der Waals surface area contributed by atoms with Crippen molar-refractivity contribution in [1.82, 2.24) is 0 Å². The minimum absolute atomic E-state index is 0.00487. The van der Waals surface area contributed by atoms with E-state index < -0.39 is 0 Å². The van der Waals surface area contributed by atoms with Gasteiger partial charge in [-0.05, 0) is 80.9 Å². The Morgan fingerprint density at radius 2 is 0.780 bits per heavy atom. The molecule has 0 heterocycles. The number of benzene rings is 1. The second-order valence-corrected chi connectivity index (χ2v) is 14.3. The predicted octanol–water partition coefficient (Wildman–Crippen LogP) is 9.08. The van der Waals surface area contributed by atoms with Gasteiger partial charge < -0.3 is 16.0 Å². The van der Waals surface area contributed by atoms with Gasteiger partial charge in [0.1, 0.15) is 0 Å². The summed E-state index contributed by atoms with van der Waals surface area (Å²) in [6, 6.07) is 5.56. The largest absolute Gasteiger partial charge is 0.326 e. The van der Waals surface area contributed by atoms with Gasteiger partial charge in [0, 0.05) is 34.8 Å². The van der Waals surface area contributed by atoms with Gasteiger partial charge in [-0.1, -0.05) is 85.0 Å². The molecular weight excluding hydrogens is 510 g/mol. The van der Waals surface area contributed by atoms with Crippen molar-refractivity contribution in [2.75, 3.05) is 16.0 Å². The third-order valence-electron chi connectivity index (χ3n) is 10.0. The van der Waals surface area contributed by atoms with Crippen molar-refractivity contribution in [3.63, 3.8) is 0 Å². The molecule has 1 aromatic rings. The highest BCUT2D eigenvalue weighted by atomic mass is 16.2. The highest BCUT2D eigenvalue weighted by molar-refractivity contribution is 5.99. The van der Waals surface area contributed by atoms with Gasteiger partial charge >= 0.3 is 0 Å². The van der Waals surface area contributed by atoms with Gasteiger partial charge in [0.05, 0.1) is 0 Å². The van der Waals surface area contributed by atoms with E-state index >= 15 is 0 Å². The average molecular weight is 566 g/mol. The number of nitrogens with one attached hydrogen (secondary N) is 3. The molecule has 0 radical (unpaired) electrons. The van der Waals surface area contributed by atoms with Gasteiger partial charge in [0.25, 0.3) is 0 Å². The summed E-state index contributed by atoms with van der Waals surface area (Å²) in [5.74, 6) is 0.807. The fourth-order valence-corrected chi connectivity index (χ4v) is 7.24. The maximum absolute atomic E-state index is 13.3. The lowest BCUT2D eigenvalue weighted by Crippen LogP contribution is -2.31. The van der Waals surface area contributed by atoms with Gasteiger partial charge in [-0.15, -0.1) is 0 Å². The van der Waals surface area contributed by atoms with Crippen molar-refractivity contribution >= 4 is 34.8 Å². The molecule has 228 valence electrons. The van der Waals surface area contributed by atoms with Crippen molar-refractivity contribution in [1.29, 1.82) is 0 Å². The van der Waals surface area contributed by atoms with Crippen molar-refractivity contribution in [3.8, 4) is 0 Å². The molecule has 6 heteroatoms. The van der Waals surface area contributed by atoms with Gasteiger partial charge in [-0.2, -0.15) is 0 Å². The Labute approximate surface area is 248 Å². The van der Waals surface area contributed by atoms with E-state index in [-0.39, 0.29) is 40.9 Å². The summed E-state index contributed by atoms with van der Waals surface area (Å²) in [6.07, 6.45) is 19.3. The van der Waals surface area contributed by atoms with Crippen LogP contribution in [0.5, 0.6) is 0 Å². The standard InChI is InChI=1S/C35H55N3O3/c1-35(2,3)28-20-18-27(19-21-28)34(41)38-31-23-29(36-32(39)25-14-10-6-4-7-11-15-25)22-30(24-31)37-33(40)26-16-12-8-5-9-13-17-26/h22-28H,4-21H2,1-3H3,(H,36,39)(H,37,40)(H,38,41)/t27-,28-. The third-order valence-corrected chi connectivity index (χ3v) is 10.0. The van der Waals surface area contributed by atoms with Crippen LogP contribution in [0.15, 0.2) is 18.2 Å². The summed E-state index contributed by atoms with van der Waals surface area (Å²) >= 11 is 0. The number of amides is 3. The molecule has 0 spiro atoms. The van der Waals surface area contributed by atoms with Crippen LogP contribution < -0.4 is 16.0 Å². The molecule has 0 atom stereocenters. The Kier molecular flexibility index (Phi) is 11.7. The summed E-state index contributed by atoms with van der Waals surface area (Å²) < 4.78 is 0. The smallest absolute Gasteiger partial charge is 0.227 e. The van der Waals surface area contributed by atoms with Crippen molar-refractivity contribution < 1.29 is 14.4 Å². The second-order valence-electron chi connectivity index (χ2n) is 14.3. The van der Waals surface area contributed by atoms with E-state index in [1.807, 2.05) is 18.2 Å². The fraction of sp³-hybridized carbons (Fsp3) is 0.743. The lowest BCUT2D eigenvalue weighted by Gasteiger charge is -2.36. The van der Waals surface area contributed by atoms with Crippen LogP contribution in [0.25, 0.3) is 0 Å². The molecular formula is C35H55N3O3. The maximum Gasteiger partial charge on any atom is 0.227 e. The topological polar surface area (TPSA) is 87.3 Å². The Balaban J connectivity index is 1.47. The molecule has 6 nitrogen and oxygen atoms in total. The molecule has 3 aliphatic rings. The zero-order valence-electron chi connectivity index (χ0n) is 26.0. The van der Waals surface area contributed by atoms with E-state index in [1.54, 1.807) is 0 Å². The number of carbonyl (C=O) groups is 3. The summed E-state index contributed by atoms with van der Waals surface area (Å²) in [5, 5.41) is 9.44. The summed E-state index contributed by atoms with van der Waals surface area (Å²) in [6.45, 7) is 6.88. The fourth-order valence-electron chi connectivity index (χ4n) is 7.24. The summed E-state index contributed by atoms with van der Waals surface area (Å²) in [7, 11) is 0. The number of hydrogen-bond acceptors (Lipinski definition) is 3. The molecule has 0 aliphatic heterocycles. The molecule has 0 saturated heterocycles. The average Bonchev–Trinajstić information content (AvgIpc) is 2.87. The molecule has 41 heavy (non-hydrogen) atoms. The maximum atomic E-state index is 13.3. The first-order chi connectivity index (χ1) is 19.7. The van der Waals surface area contributed by atoms with Crippen LogP contribution in [0.2, 0.25) is 0 Å². The Morgan fingerprint density at radius 3 is 1.10 bits per heavy atom. The van der Waals surface area contributed by atoms with Gasteiger partial charge in [0.15, 0.2) is 0 Å². The molecule has 3 N–H and O–H groups in total. The first-order valence-corrected chi connectivity index (χ1v) is 16.8. The minimum Gasteiger partial charge on any atom is -0.326 e. The van der Waals surface area contributed by atoms with Crippen molar-refractivity contribution in [3.05, 3.63) is 18.2 Å². The van der Waals surface area contributed by atoms with Crippen molar-refractivity contribution in [2.45, 2.75) is 136 Å². The number of rotatable bonds is 6. The monoisotopic (exact) mass is 565 g/mol. The molecule has 3 aliphatic carbocycles. The first kappa shape index (κ1) is 31.6. The third kappa shape index (κ3) is 9.85. The van der Waals surface area contributed by atoms with Gasteiger partial charge in [0.2, 0.25) is 17.7 Å². The quantitative estimate of drug-likeness (QED) is 0.321. The summed E-state index contributed by atoms with van der Waals surface area (Å²) in [5.41, 5.74) is 2.18. The van der Waals surface area contributed by atoms with Crippen LogP contribution in [0, 0.1) is 29.1 Å². The highest BCUT2D eigenvalue weighted by Gasteiger charge is 2.32. The SMILES string of the molecule is CC(C)(C)[C@H]1CC[C@H](C(=O)Nc2cc(NC(=O)C3CCCCCCC3)cc(NC(=O)C3CCCCCCC3)c2)CC1. The van der Waals surface area contributed by atoms with Gasteiger partial charge in [-0.25, -0.2) is 0 Å². The van der Waals surface area contributed by atoms with Crippen molar-refractivity contribution in [2.24, 2.45) is 29.1 Å². The van der Waals surface area contributed by atoms with E-state index in [0.29, 0.717) is 23.0 Å². The Morgan fingerprint density at radius 1 is 0.488 bits per heavy atom. The summed E-state index contributed by atoms with van der Waals surface area (Å²) in [4.78, 5) is 39.9. The van der Waals surface area contributed by atoms with E-state index in [4.69, 9.17) is 0 Å². The molecule has 0 unspecified atom stereocenters. The minimum atomic E-state index is -0.00487.